The number of hydrogen-bond acceptors (Lipinski definition) is 4. The van der Waals surface area contributed by atoms with Gasteiger partial charge in [0.25, 0.3) is 5.56 Å². The number of carbonyl (C=O) groups excluding carboxylic acids is 2. The number of nitrogens with one attached hydrogen (secondary N) is 2. The van der Waals surface area contributed by atoms with E-state index in [9.17, 15) is 14.4 Å². The van der Waals surface area contributed by atoms with E-state index >= 15 is 0 Å². The molecular formula is C15H12Cl2N4O3. The summed E-state index contributed by atoms with van der Waals surface area (Å²) in [4.78, 5) is 35.3. The normalized spacial score (nSPS) is 13.2. The lowest BCUT2D eigenvalue weighted by atomic mass is 10.0. The van der Waals surface area contributed by atoms with Crippen LogP contribution in [0, 0.1) is 0 Å². The van der Waals surface area contributed by atoms with Crippen molar-refractivity contribution < 1.29 is 9.59 Å². The second kappa shape index (κ2) is 6.62. The molecule has 0 radical (unpaired) electrons. The predicted octanol–water partition coefficient (Wildman–Crippen LogP) is 2.07. The van der Waals surface area contributed by atoms with Gasteiger partial charge in [-0.2, -0.15) is 5.10 Å². The Morgan fingerprint density at radius 2 is 2.08 bits per heavy atom. The topological polar surface area (TPSA) is 93.1 Å². The first-order valence-corrected chi connectivity index (χ1v) is 7.83. The summed E-state index contributed by atoms with van der Waals surface area (Å²) in [6, 6.07) is 5.19. The van der Waals surface area contributed by atoms with E-state index in [1.54, 1.807) is 18.2 Å². The molecule has 1 aromatic carbocycles. The van der Waals surface area contributed by atoms with E-state index in [1.165, 1.54) is 6.20 Å². The maximum atomic E-state index is 12.1. The maximum Gasteiger partial charge on any atom is 0.287 e. The number of carbonyl (C=O) groups is 2. The minimum Gasteiger partial charge on any atom is -0.326 e. The highest BCUT2D eigenvalue weighted by Crippen LogP contribution is 2.25. The number of aromatic nitrogens is 2. The number of nitrogens with zero attached hydrogens (tertiary/aromatic N) is 2. The van der Waals surface area contributed by atoms with Crippen LogP contribution >= 0.6 is 23.2 Å². The maximum absolute atomic E-state index is 12.1. The van der Waals surface area contributed by atoms with Crippen LogP contribution in [0.4, 0.5) is 11.4 Å². The molecule has 24 heavy (non-hydrogen) atoms. The van der Waals surface area contributed by atoms with Crippen molar-refractivity contribution >= 4 is 46.4 Å². The SMILES string of the molecule is O=C(Cn1ncc(Cl)c(Cl)c1=O)Nc1ccc2c(c1)CCC(=O)N2. The molecule has 2 aromatic rings. The summed E-state index contributed by atoms with van der Waals surface area (Å²) >= 11 is 11.4. The molecule has 0 unspecified atom stereocenters. The molecule has 0 aliphatic carbocycles. The number of halogens is 2. The van der Waals surface area contributed by atoms with Gasteiger partial charge in [-0.15, -0.1) is 0 Å². The molecule has 7 nitrogen and oxygen atoms in total. The highest BCUT2D eigenvalue weighted by molar-refractivity contribution is 6.41. The highest BCUT2D eigenvalue weighted by atomic mass is 35.5. The Bertz CT molecular complexity index is 895. The van der Waals surface area contributed by atoms with Gasteiger partial charge in [-0.25, -0.2) is 4.68 Å². The fraction of sp³-hybridized carbons (Fsp3) is 0.200. The van der Waals surface area contributed by atoms with Gasteiger partial charge < -0.3 is 10.6 Å². The third-order valence-corrected chi connectivity index (χ3v) is 4.27. The number of aryl methyl sites for hydroxylation is 1. The second-order valence-electron chi connectivity index (χ2n) is 5.24. The average Bonchev–Trinajstić information content (AvgIpc) is 2.55. The number of fused-ring (bicyclic) bond motifs is 1. The van der Waals surface area contributed by atoms with Crippen LogP contribution in [0.1, 0.15) is 12.0 Å². The smallest absolute Gasteiger partial charge is 0.287 e. The fourth-order valence-corrected chi connectivity index (χ4v) is 2.63. The number of amides is 2. The molecule has 1 aromatic heterocycles. The zero-order chi connectivity index (χ0) is 17.3. The molecule has 1 aliphatic rings. The summed E-state index contributed by atoms with van der Waals surface area (Å²) < 4.78 is 0.933. The first-order valence-electron chi connectivity index (χ1n) is 7.08. The van der Waals surface area contributed by atoms with Gasteiger partial charge in [0.05, 0.1) is 11.2 Å². The van der Waals surface area contributed by atoms with Crippen molar-refractivity contribution in [2.45, 2.75) is 19.4 Å². The third-order valence-electron chi connectivity index (χ3n) is 3.52. The lowest BCUT2D eigenvalue weighted by molar-refractivity contribution is -0.117. The number of benzene rings is 1. The first kappa shape index (κ1) is 16.5. The zero-order valence-electron chi connectivity index (χ0n) is 12.3. The van der Waals surface area contributed by atoms with Crippen LogP contribution in [0.15, 0.2) is 29.2 Å². The first-order chi connectivity index (χ1) is 11.4. The molecular weight excluding hydrogens is 355 g/mol. The summed E-state index contributed by atoms with van der Waals surface area (Å²) in [6.45, 7) is -0.288. The van der Waals surface area contributed by atoms with Gasteiger partial charge >= 0.3 is 0 Å². The van der Waals surface area contributed by atoms with Crippen molar-refractivity contribution in [3.8, 4) is 0 Å². The van der Waals surface area contributed by atoms with Crippen LogP contribution in [0.25, 0.3) is 0 Å². The van der Waals surface area contributed by atoms with Crippen LogP contribution in [0.2, 0.25) is 10.0 Å². The van der Waals surface area contributed by atoms with E-state index in [4.69, 9.17) is 23.2 Å². The van der Waals surface area contributed by atoms with E-state index in [-0.39, 0.29) is 22.5 Å². The Kier molecular flexibility index (Phi) is 4.55. The molecule has 2 amide bonds. The van der Waals surface area contributed by atoms with E-state index in [0.717, 1.165) is 15.9 Å². The van der Waals surface area contributed by atoms with Gasteiger partial charge in [-0.3, -0.25) is 14.4 Å². The van der Waals surface area contributed by atoms with E-state index < -0.39 is 11.5 Å². The summed E-state index contributed by atoms with van der Waals surface area (Å²) in [6.07, 6.45) is 2.23. The third kappa shape index (κ3) is 3.42. The lowest BCUT2D eigenvalue weighted by Gasteiger charge is -2.17. The fourth-order valence-electron chi connectivity index (χ4n) is 2.36. The molecule has 124 valence electrons. The van der Waals surface area contributed by atoms with Crippen molar-refractivity contribution in [1.82, 2.24) is 9.78 Å². The summed E-state index contributed by atoms with van der Waals surface area (Å²) in [5.74, 6) is -0.452. The zero-order valence-corrected chi connectivity index (χ0v) is 13.8. The molecule has 1 aliphatic heterocycles. The summed E-state index contributed by atoms with van der Waals surface area (Å²) in [5.41, 5.74) is 1.62. The number of anilines is 2. The molecule has 0 atom stereocenters. The van der Waals surface area contributed by atoms with E-state index in [0.29, 0.717) is 18.5 Å². The van der Waals surface area contributed by atoms with Gasteiger partial charge in [-0.1, -0.05) is 23.2 Å². The molecule has 3 rings (SSSR count). The summed E-state index contributed by atoms with van der Waals surface area (Å²) in [7, 11) is 0. The van der Waals surface area contributed by atoms with Crippen LogP contribution < -0.4 is 16.2 Å². The second-order valence-corrected chi connectivity index (χ2v) is 6.02. The Labute approximate surface area is 146 Å². The predicted molar refractivity (Wildman–Crippen MR) is 90.5 cm³/mol. The van der Waals surface area contributed by atoms with E-state index in [1.807, 2.05) is 0 Å². The molecule has 0 saturated heterocycles. The average molecular weight is 367 g/mol. The Balaban J connectivity index is 1.73. The molecule has 0 spiro atoms. The lowest BCUT2D eigenvalue weighted by Crippen LogP contribution is -2.30. The van der Waals surface area contributed by atoms with Gasteiger partial charge in [0, 0.05) is 17.8 Å². The standard InChI is InChI=1S/C15H12Cl2N4O3/c16-10-6-18-21(15(24)14(10)17)7-13(23)19-9-2-3-11-8(5-9)1-4-12(22)20-11/h2-3,5-6H,1,4,7H2,(H,19,23)(H,20,22). The van der Waals surface area contributed by atoms with Crippen molar-refractivity contribution in [3.05, 3.63) is 50.4 Å². The van der Waals surface area contributed by atoms with Crippen LogP contribution in [-0.4, -0.2) is 21.6 Å². The Morgan fingerprint density at radius 1 is 1.29 bits per heavy atom. The minimum absolute atomic E-state index is 0.0237. The molecule has 2 N–H and O–H groups in total. The molecule has 0 fully saturated rings. The molecule has 2 heterocycles. The number of rotatable bonds is 3. The van der Waals surface area contributed by atoms with Crippen molar-refractivity contribution in [3.63, 3.8) is 0 Å². The Morgan fingerprint density at radius 3 is 2.88 bits per heavy atom. The largest absolute Gasteiger partial charge is 0.326 e. The van der Waals surface area contributed by atoms with Crippen molar-refractivity contribution in [2.75, 3.05) is 10.6 Å². The van der Waals surface area contributed by atoms with Gasteiger partial charge in [-0.05, 0) is 30.2 Å². The van der Waals surface area contributed by atoms with Gasteiger partial charge in [0.15, 0.2) is 0 Å². The molecule has 0 saturated carbocycles. The van der Waals surface area contributed by atoms with Gasteiger partial charge in [0.2, 0.25) is 11.8 Å². The Hall–Kier alpha value is -2.38. The van der Waals surface area contributed by atoms with Crippen LogP contribution in [0.5, 0.6) is 0 Å². The van der Waals surface area contributed by atoms with Crippen molar-refractivity contribution in [1.29, 1.82) is 0 Å². The number of hydrogen-bond donors (Lipinski definition) is 2. The van der Waals surface area contributed by atoms with Crippen molar-refractivity contribution in [2.24, 2.45) is 0 Å². The molecule has 9 heteroatoms. The quantitative estimate of drug-likeness (QED) is 0.869. The van der Waals surface area contributed by atoms with Crippen LogP contribution in [-0.2, 0) is 22.6 Å². The molecule has 0 bridgehead atoms. The minimum atomic E-state index is -0.632. The van der Waals surface area contributed by atoms with E-state index in [2.05, 4.69) is 15.7 Å². The van der Waals surface area contributed by atoms with Gasteiger partial charge in [0.1, 0.15) is 11.6 Å². The summed E-state index contributed by atoms with van der Waals surface area (Å²) in [5, 5.41) is 9.09. The monoisotopic (exact) mass is 366 g/mol. The highest BCUT2D eigenvalue weighted by Gasteiger charge is 2.16. The van der Waals surface area contributed by atoms with Crippen LogP contribution in [0.3, 0.4) is 0 Å².